The van der Waals surface area contributed by atoms with Crippen LogP contribution in [0.15, 0.2) is 47.4 Å². The maximum absolute atomic E-state index is 11.5. The van der Waals surface area contributed by atoms with Crippen molar-refractivity contribution in [3.63, 3.8) is 0 Å². The van der Waals surface area contributed by atoms with E-state index in [-0.39, 0.29) is 5.56 Å². The lowest BCUT2D eigenvalue weighted by atomic mass is 10.2. The van der Waals surface area contributed by atoms with Crippen LogP contribution in [0.25, 0.3) is 0 Å². The molecule has 1 N–H and O–H groups in total. The molecule has 1 aromatic carbocycles. The van der Waals surface area contributed by atoms with Gasteiger partial charge in [0.2, 0.25) is 0 Å². The number of halogens is 1. The lowest BCUT2D eigenvalue weighted by Crippen LogP contribution is -2.22. The molecule has 0 aliphatic heterocycles. The molecule has 3 nitrogen and oxygen atoms in total. The highest BCUT2D eigenvalue weighted by atomic mass is 35.5. The lowest BCUT2D eigenvalue weighted by Gasteiger charge is -2.11. The van der Waals surface area contributed by atoms with Crippen LogP contribution in [0.1, 0.15) is 5.56 Å². The minimum Gasteiger partial charge on any atom is -0.383 e. The number of nitrogens with zero attached hydrogens (tertiary/aromatic N) is 1. The molecule has 2 aromatic rings. The highest BCUT2D eigenvalue weighted by Crippen LogP contribution is 2.19. The molecule has 0 saturated heterocycles. The second-order valence-corrected chi connectivity index (χ2v) is 4.55. The SMILES string of the molecule is Cc1ccc(Cl)cc1NCCn1ccccc1=O. The van der Waals surface area contributed by atoms with Crippen LogP contribution in [0.5, 0.6) is 0 Å². The Labute approximate surface area is 111 Å². The van der Waals surface area contributed by atoms with Crippen LogP contribution in [-0.4, -0.2) is 11.1 Å². The molecule has 0 amide bonds. The number of hydrogen-bond acceptors (Lipinski definition) is 2. The average molecular weight is 263 g/mol. The summed E-state index contributed by atoms with van der Waals surface area (Å²) < 4.78 is 1.67. The van der Waals surface area contributed by atoms with Crippen molar-refractivity contribution in [2.45, 2.75) is 13.5 Å². The number of aryl methyl sites for hydroxylation is 1. The Morgan fingerprint density at radius 3 is 2.89 bits per heavy atom. The van der Waals surface area contributed by atoms with E-state index >= 15 is 0 Å². The first-order valence-corrected chi connectivity index (χ1v) is 6.20. The van der Waals surface area contributed by atoms with Gasteiger partial charge < -0.3 is 9.88 Å². The predicted molar refractivity (Wildman–Crippen MR) is 75.4 cm³/mol. The largest absolute Gasteiger partial charge is 0.383 e. The summed E-state index contributed by atoms with van der Waals surface area (Å²) in [5, 5.41) is 3.99. The summed E-state index contributed by atoms with van der Waals surface area (Å²) in [4.78, 5) is 11.5. The van der Waals surface area contributed by atoms with E-state index in [9.17, 15) is 4.79 Å². The fourth-order valence-corrected chi connectivity index (χ4v) is 1.91. The van der Waals surface area contributed by atoms with Gasteiger partial charge in [0.15, 0.2) is 0 Å². The van der Waals surface area contributed by atoms with Crippen LogP contribution in [0.4, 0.5) is 5.69 Å². The van der Waals surface area contributed by atoms with Crippen LogP contribution >= 0.6 is 11.6 Å². The zero-order valence-electron chi connectivity index (χ0n) is 10.2. The Kier molecular flexibility index (Phi) is 4.05. The number of rotatable bonds is 4. The van der Waals surface area contributed by atoms with Crippen molar-refractivity contribution >= 4 is 17.3 Å². The number of aromatic nitrogens is 1. The predicted octanol–water partition coefficient (Wildman–Crippen LogP) is 2.92. The molecule has 0 radical (unpaired) electrons. The number of benzene rings is 1. The van der Waals surface area contributed by atoms with E-state index in [1.54, 1.807) is 22.9 Å². The molecule has 0 atom stereocenters. The molecule has 0 saturated carbocycles. The van der Waals surface area contributed by atoms with E-state index in [0.29, 0.717) is 18.1 Å². The van der Waals surface area contributed by atoms with E-state index < -0.39 is 0 Å². The molecule has 0 spiro atoms. The molecule has 1 heterocycles. The van der Waals surface area contributed by atoms with Crippen molar-refractivity contribution in [3.8, 4) is 0 Å². The molecule has 0 aliphatic rings. The van der Waals surface area contributed by atoms with Gasteiger partial charge in [-0.25, -0.2) is 0 Å². The second-order valence-electron chi connectivity index (χ2n) is 4.12. The molecule has 0 bridgehead atoms. The minimum atomic E-state index is 0.0158. The van der Waals surface area contributed by atoms with Crippen LogP contribution in [0.2, 0.25) is 5.02 Å². The van der Waals surface area contributed by atoms with Gasteiger partial charge in [-0.1, -0.05) is 23.7 Å². The Hall–Kier alpha value is -1.74. The number of pyridine rings is 1. The van der Waals surface area contributed by atoms with Crippen LogP contribution in [0, 0.1) is 6.92 Å². The summed E-state index contributed by atoms with van der Waals surface area (Å²) in [6.45, 7) is 3.34. The maximum Gasteiger partial charge on any atom is 0.250 e. The van der Waals surface area contributed by atoms with Gasteiger partial charge in [0.05, 0.1) is 0 Å². The van der Waals surface area contributed by atoms with E-state index in [4.69, 9.17) is 11.6 Å². The third-order valence-electron chi connectivity index (χ3n) is 2.77. The molecule has 0 unspecified atom stereocenters. The third kappa shape index (κ3) is 3.14. The summed E-state index contributed by atoms with van der Waals surface area (Å²) >= 11 is 5.94. The van der Waals surface area contributed by atoms with E-state index in [1.807, 2.05) is 31.2 Å². The molecule has 1 aromatic heterocycles. The average Bonchev–Trinajstić information content (AvgIpc) is 2.36. The second kappa shape index (κ2) is 5.74. The summed E-state index contributed by atoms with van der Waals surface area (Å²) in [5.41, 5.74) is 2.16. The first kappa shape index (κ1) is 12.7. The van der Waals surface area contributed by atoms with Gasteiger partial charge in [-0.2, -0.15) is 0 Å². The van der Waals surface area contributed by atoms with Crippen molar-refractivity contribution in [2.75, 3.05) is 11.9 Å². The van der Waals surface area contributed by atoms with Crippen molar-refractivity contribution in [1.29, 1.82) is 0 Å². The van der Waals surface area contributed by atoms with Crippen LogP contribution in [0.3, 0.4) is 0 Å². The van der Waals surface area contributed by atoms with Gasteiger partial charge in [0.25, 0.3) is 5.56 Å². The molecule has 0 fully saturated rings. The van der Waals surface area contributed by atoms with E-state index in [2.05, 4.69) is 5.32 Å². The van der Waals surface area contributed by atoms with Crippen molar-refractivity contribution in [1.82, 2.24) is 4.57 Å². The Balaban J connectivity index is 1.99. The minimum absolute atomic E-state index is 0.0158. The zero-order chi connectivity index (χ0) is 13.0. The fourth-order valence-electron chi connectivity index (χ4n) is 1.74. The van der Waals surface area contributed by atoms with Crippen molar-refractivity contribution in [2.24, 2.45) is 0 Å². The highest BCUT2D eigenvalue weighted by molar-refractivity contribution is 6.30. The van der Waals surface area contributed by atoms with Gasteiger partial charge in [0.1, 0.15) is 0 Å². The zero-order valence-corrected chi connectivity index (χ0v) is 10.9. The quantitative estimate of drug-likeness (QED) is 0.919. The van der Waals surface area contributed by atoms with Gasteiger partial charge in [-0.15, -0.1) is 0 Å². The van der Waals surface area contributed by atoms with Gasteiger partial charge in [-0.05, 0) is 30.7 Å². The first-order valence-electron chi connectivity index (χ1n) is 5.82. The molecular weight excluding hydrogens is 248 g/mol. The van der Waals surface area contributed by atoms with Gasteiger partial charge >= 0.3 is 0 Å². The first-order chi connectivity index (χ1) is 8.66. The number of anilines is 1. The summed E-state index contributed by atoms with van der Waals surface area (Å²) in [5.74, 6) is 0. The summed E-state index contributed by atoms with van der Waals surface area (Å²) in [6, 6.07) is 10.9. The smallest absolute Gasteiger partial charge is 0.250 e. The molecule has 4 heteroatoms. The van der Waals surface area contributed by atoms with Crippen molar-refractivity contribution in [3.05, 3.63) is 63.5 Å². The Bertz CT molecular complexity index is 592. The molecule has 0 aliphatic carbocycles. The van der Waals surface area contributed by atoms with E-state index in [0.717, 1.165) is 11.3 Å². The normalized spacial score (nSPS) is 10.3. The van der Waals surface area contributed by atoms with E-state index in [1.165, 1.54) is 0 Å². The molecule has 18 heavy (non-hydrogen) atoms. The molecule has 2 rings (SSSR count). The lowest BCUT2D eigenvalue weighted by molar-refractivity contribution is 0.697. The van der Waals surface area contributed by atoms with Gasteiger partial charge in [-0.3, -0.25) is 4.79 Å². The summed E-state index contributed by atoms with van der Waals surface area (Å²) in [7, 11) is 0. The van der Waals surface area contributed by atoms with Crippen LogP contribution in [-0.2, 0) is 6.54 Å². The summed E-state index contributed by atoms with van der Waals surface area (Å²) in [6.07, 6.45) is 1.79. The Morgan fingerprint density at radius 2 is 2.11 bits per heavy atom. The number of nitrogens with one attached hydrogen (secondary N) is 1. The maximum atomic E-state index is 11.5. The molecular formula is C14H15ClN2O. The fraction of sp³-hybridized carbons (Fsp3) is 0.214. The topological polar surface area (TPSA) is 34.0 Å². The van der Waals surface area contributed by atoms with Crippen LogP contribution < -0.4 is 10.9 Å². The van der Waals surface area contributed by atoms with Gasteiger partial charge in [0, 0.05) is 36.1 Å². The molecule has 94 valence electrons. The third-order valence-corrected chi connectivity index (χ3v) is 3.00. The highest BCUT2D eigenvalue weighted by Gasteiger charge is 1.99. The number of hydrogen-bond donors (Lipinski definition) is 1. The van der Waals surface area contributed by atoms with Crippen molar-refractivity contribution < 1.29 is 0 Å². The monoisotopic (exact) mass is 262 g/mol. The standard InChI is InChI=1S/C14H15ClN2O/c1-11-5-6-12(15)10-13(11)16-7-9-17-8-3-2-4-14(17)18/h2-6,8,10,16H,7,9H2,1H3. The Morgan fingerprint density at radius 1 is 1.28 bits per heavy atom.